The van der Waals surface area contributed by atoms with Gasteiger partial charge in [0.15, 0.2) is 0 Å². The summed E-state index contributed by atoms with van der Waals surface area (Å²) in [7, 11) is 0. The van der Waals surface area contributed by atoms with E-state index < -0.39 is 0 Å². The van der Waals surface area contributed by atoms with Crippen LogP contribution in [-0.2, 0) is 24.3 Å². The molecular formula is C10H14N2O. The second kappa shape index (κ2) is 3.44. The second-order valence-corrected chi connectivity index (χ2v) is 3.35. The predicted molar refractivity (Wildman–Crippen MR) is 50.2 cm³/mol. The summed E-state index contributed by atoms with van der Waals surface area (Å²) in [4.78, 5) is 4.52. The molecule has 0 saturated carbocycles. The Hall–Kier alpha value is -0.930. The number of hydrogen-bond donors (Lipinski definition) is 1. The van der Waals surface area contributed by atoms with Gasteiger partial charge < -0.3 is 10.5 Å². The molecule has 3 heteroatoms. The van der Waals surface area contributed by atoms with Crippen LogP contribution in [0.15, 0.2) is 6.07 Å². The van der Waals surface area contributed by atoms with Crippen LogP contribution in [0.5, 0.6) is 0 Å². The fourth-order valence-corrected chi connectivity index (χ4v) is 1.64. The van der Waals surface area contributed by atoms with Gasteiger partial charge in [-0.05, 0) is 24.1 Å². The Bertz CT molecular complexity index is 323. The van der Waals surface area contributed by atoms with E-state index in [1.165, 1.54) is 11.3 Å². The molecule has 0 radical (unpaired) electrons. The quantitative estimate of drug-likeness (QED) is 0.695. The molecule has 13 heavy (non-hydrogen) atoms. The number of hydrogen-bond acceptors (Lipinski definition) is 3. The fourth-order valence-electron chi connectivity index (χ4n) is 1.64. The van der Waals surface area contributed by atoms with Crippen molar-refractivity contribution < 1.29 is 4.74 Å². The maximum atomic E-state index is 5.60. The number of pyridine rings is 1. The Labute approximate surface area is 77.9 Å². The zero-order valence-electron chi connectivity index (χ0n) is 7.84. The first-order chi connectivity index (χ1) is 6.31. The summed E-state index contributed by atoms with van der Waals surface area (Å²) < 4.78 is 5.35. The molecule has 3 nitrogen and oxygen atoms in total. The number of aromatic nitrogens is 1. The first kappa shape index (κ1) is 8.66. The van der Waals surface area contributed by atoms with Crippen molar-refractivity contribution in [2.24, 2.45) is 5.73 Å². The summed E-state index contributed by atoms with van der Waals surface area (Å²) in [6.45, 7) is 4.06. The average Bonchev–Trinajstić information content (AvgIpc) is 2.17. The number of fused-ring (bicyclic) bond motifs is 1. The number of ether oxygens (including phenoxy) is 1. The summed E-state index contributed by atoms with van der Waals surface area (Å²) in [6, 6.07) is 2.12. The molecule has 0 unspecified atom stereocenters. The standard InChI is InChI=1S/C10H14N2O/c1-7-8(5-11)4-9-6-13-3-2-10(9)12-7/h4H,2-3,5-6,11H2,1H3. The van der Waals surface area contributed by atoms with E-state index in [-0.39, 0.29) is 0 Å². The molecule has 2 rings (SSSR count). The first-order valence-corrected chi connectivity index (χ1v) is 4.57. The largest absolute Gasteiger partial charge is 0.376 e. The minimum atomic E-state index is 0.562. The van der Waals surface area contributed by atoms with Crippen molar-refractivity contribution in [3.8, 4) is 0 Å². The second-order valence-electron chi connectivity index (χ2n) is 3.35. The first-order valence-electron chi connectivity index (χ1n) is 4.57. The molecule has 0 atom stereocenters. The Morgan fingerprint density at radius 1 is 1.62 bits per heavy atom. The Kier molecular flexibility index (Phi) is 2.29. The van der Waals surface area contributed by atoms with Crippen molar-refractivity contribution in [3.05, 3.63) is 28.6 Å². The third kappa shape index (κ3) is 1.57. The molecule has 0 aliphatic carbocycles. The third-order valence-corrected chi connectivity index (χ3v) is 2.45. The SMILES string of the molecule is Cc1nc2c(cc1CN)COCC2. The molecule has 2 heterocycles. The summed E-state index contributed by atoms with van der Waals surface area (Å²) in [5.74, 6) is 0. The van der Waals surface area contributed by atoms with Gasteiger partial charge in [0.25, 0.3) is 0 Å². The highest BCUT2D eigenvalue weighted by Gasteiger charge is 2.12. The van der Waals surface area contributed by atoms with Gasteiger partial charge in [0.2, 0.25) is 0 Å². The molecule has 0 spiro atoms. The van der Waals surface area contributed by atoms with Crippen molar-refractivity contribution in [1.82, 2.24) is 4.98 Å². The van der Waals surface area contributed by atoms with Crippen molar-refractivity contribution >= 4 is 0 Å². The maximum absolute atomic E-state index is 5.60. The molecule has 0 aromatic carbocycles. The number of aryl methyl sites for hydroxylation is 1. The van der Waals surface area contributed by atoms with E-state index in [0.29, 0.717) is 13.2 Å². The summed E-state index contributed by atoms with van der Waals surface area (Å²) in [5, 5.41) is 0. The van der Waals surface area contributed by atoms with Gasteiger partial charge in [-0.3, -0.25) is 4.98 Å². The fraction of sp³-hybridized carbons (Fsp3) is 0.500. The van der Waals surface area contributed by atoms with Crippen LogP contribution < -0.4 is 5.73 Å². The Morgan fingerprint density at radius 3 is 3.23 bits per heavy atom. The van der Waals surface area contributed by atoms with E-state index in [1.54, 1.807) is 0 Å². The molecule has 1 aromatic heterocycles. The lowest BCUT2D eigenvalue weighted by Crippen LogP contribution is -2.14. The van der Waals surface area contributed by atoms with E-state index in [1.807, 2.05) is 6.92 Å². The molecule has 1 aliphatic heterocycles. The van der Waals surface area contributed by atoms with E-state index >= 15 is 0 Å². The lowest BCUT2D eigenvalue weighted by Gasteiger charge is -2.17. The molecule has 2 N–H and O–H groups in total. The smallest absolute Gasteiger partial charge is 0.0734 e. The molecule has 70 valence electrons. The summed E-state index contributed by atoms with van der Waals surface area (Å²) in [6.07, 6.45) is 0.932. The monoisotopic (exact) mass is 178 g/mol. The molecule has 0 saturated heterocycles. The molecule has 0 bridgehead atoms. The van der Waals surface area contributed by atoms with Gasteiger partial charge in [-0.15, -0.1) is 0 Å². The van der Waals surface area contributed by atoms with Gasteiger partial charge in [-0.25, -0.2) is 0 Å². The van der Waals surface area contributed by atoms with Gasteiger partial charge in [0.05, 0.1) is 13.2 Å². The van der Waals surface area contributed by atoms with Gasteiger partial charge in [0.1, 0.15) is 0 Å². The van der Waals surface area contributed by atoms with Gasteiger partial charge in [-0.2, -0.15) is 0 Å². The summed E-state index contributed by atoms with van der Waals surface area (Å²) >= 11 is 0. The van der Waals surface area contributed by atoms with Gasteiger partial charge in [0, 0.05) is 24.4 Å². The van der Waals surface area contributed by atoms with Crippen LogP contribution in [0.4, 0.5) is 0 Å². The third-order valence-electron chi connectivity index (χ3n) is 2.45. The lowest BCUT2D eigenvalue weighted by molar-refractivity contribution is 0.109. The minimum absolute atomic E-state index is 0.562. The number of rotatable bonds is 1. The van der Waals surface area contributed by atoms with Gasteiger partial charge >= 0.3 is 0 Å². The Balaban J connectivity index is 2.44. The van der Waals surface area contributed by atoms with Crippen LogP contribution in [0.25, 0.3) is 0 Å². The van der Waals surface area contributed by atoms with Crippen molar-refractivity contribution in [2.45, 2.75) is 26.5 Å². The van der Waals surface area contributed by atoms with Crippen LogP contribution in [0.3, 0.4) is 0 Å². The molecule has 0 fully saturated rings. The van der Waals surface area contributed by atoms with E-state index in [2.05, 4.69) is 11.1 Å². The summed E-state index contributed by atoms with van der Waals surface area (Å²) in [5.41, 5.74) is 10.2. The van der Waals surface area contributed by atoms with Crippen LogP contribution in [0.1, 0.15) is 22.5 Å². The van der Waals surface area contributed by atoms with E-state index in [0.717, 1.165) is 24.3 Å². The topological polar surface area (TPSA) is 48.1 Å². The van der Waals surface area contributed by atoms with Crippen LogP contribution in [0, 0.1) is 6.92 Å². The van der Waals surface area contributed by atoms with Crippen molar-refractivity contribution in [3.63, 3.8) is 0 Å². The molecule has 1 aliphatic rings. The number of nitrogens with zero attached hydrogens (tertiary/aromatic N) is 1. The highest BCUT2D eigenvalue weighted by Crippen LogP contribution is 2.17. The normalized spacial score (nSPS) is 15.5. The minimum Gasteiger partial charge on any atom is -0.376 e. The zero-order valence-corrected chi connectivity index (χ0v) is 7.84. The highest BCUT2D eigenvalue weighted by molar-refractivity contribution is 5.30. The van der Waals surface area contributed by atoms with Gasteiger partial charge in [-0.1, -0.05) is 0 Å². The average molecular weight is 178 g/mol. The molecule has 0 amide bonds. The van der Waals surface area contributed by atoms with E-state index in [4.69, 9.17) is 10.5 Å². The number of nitrogens with two attached hydrogens (primary N) is 1. The van der Waals surface area contributed by atoms with Crippen LogP contribution in [-0.4, -0.2) is 11.6 Å². The van der Waals surface area contributed by atoms with Crippen molar-refractivity contribution in [2.75, 3.05) is 6.61 Å². The lowest BCUT2D eigenvalue weighted by atomic mass is 10.1. The molecular weight excluding hydrogens is 164 g/mol. The highest BCUT2D eigenvalue weighted by atomic mass is 16.5. The zero-order chi connectivity index (χ0) is 9.26. The van der Waals surface area contributed by atoms with Crippen molar-refractivity contribution in [1.29, 1.82) is 0 Å². The van der Waals surface area contributed by atoms with Crippen LogP contribution >= 0.6 is 0 Å². The van der Waals surface area contributed by atoms with E-state index in [9.17, 15) is 0 Å². The maximum Gasteiger partial charge on any atom is 0.0734 e. The van der Waals surface area contributed by atoms with Crippen LogP contribution in [0.2, 0.25) is 0 Å². The predicted octanol–water partition coefficient (Wildman–Crippen LogP) is 0.921. The Morgan fingerprint density at radius 2 is 2.46 bits per heavy atom. The molecule has 1 aromatic rings.